The molecule has 1 aromatic carbocycles. The summed E-state index contributed by atoms with van der Waals surface area (Å²) < 4.78 is 32.9. The first kappa shape index (κ1) is 16.6. The summed E-state index contributed by atoms with van der Waals surface area (Å²) in [7, 11) is 1.46. The third kappa shape index (κ3) is 3.07. The van der Waals surface area contributed by atoms with Gasteiger partial charge in [0, 0.05) is 36.7 Å². The zero-order valence-electron chi connectivity index (χ0n) is 13.4. The predicted octanol–water partition coefficient (Wildman–Crippen LogP) is 1.91. The summed E-state index contributed by atoms with van der Waals surface area (Å²) in [6.45, 7) is 2.86. The molecule has 2 atom stereocenters. The number of ether oxygens (including phenoxy) is 1. The Morgan fingerprint density at radius 2 is 2.26 bits per heavy atom. The lowest BCUT2D eigenvalue weighted by Crippen LogP contribution is -2.61. The van der Waals surface area contributed by atoms with Crippen LogP contribution >= 0.6 is 0 Å². The second kappa shape index (κ2) is 6.71. The van der Waals surface area contributed by atoms with Crippen molar-refractivity contribution < 1.29 is 18.6 Å². The Labute approximate surface area is 135 Å². The Balaban J connectivity index is 1.80. The minimum Gasteiger partial charge on any atom is -0.496 e. The van der Waals surface area contributed by atoms with Gasteiger partial charge in [-0.2, -0.15) is 0 Å². The average Bonchev–Trinajstić information content (AvgIpc) is 2.59. The van der Waals surface area contributed by atoms with Crippen molar-refractivity contribution in [2.45, 2.75) is 31.8 Å². The van der Waals surface area contributed by atoms with Gasteiger partial charge in [0.15, 0.2) is 11.6 Å². The third-order valence-corrected chi connectivity index (χ3v) is 5.32. The minimum atomic E-state index is -0.855. The van der Waals surface area contributed by atoms with Crippen molar-refractivity contribution in [3.8, 4) is 5.75 Å². The third-order valence-electron chi connectivity index (χ3n) is 5.32. The van der Waals surface area contributed by atoms with Crippen LogP contribution in [0.4, 0.5) is 8.78 Å². The predicted molar refractivity (Wildman–Crippen MR) is 83.3 cm³/mol. The Morgan fingerprint density at radius 3 is 3.00 bits per heavy atom. The van der Waals surface area contributed by atoms with Crippen LogP contribution < -0.4 is 10.1 Å². The molecule has 2 heterocycles. The number of fused-ring (bicyclic) bond motifs is 1. The summed E-state index contributed by atoms with van der Waals surface area (Å²) in [6, 6.07) is 2.85. The van der Waals surface area contributed by atoms with Crippen LogP contribution in [0.3, 0.4) is 0 Å². The average molecular weight is 326 g/mol. The van der Waals surface area contributed by atoms with Gasteiger partial charge in [0.05, 0.1) is 13.7 Å². The molecule has 4 nitrogen and oxygen atoms in total. The summed E-state index contributed by atoms with van der Waals surface area (Å²) in [6.07, 6.45) is 2.89. The van der Waals surface area contributed by atoms with Gasteiger partial charge in [-0.1, -0.05) is 0 Å². The van der Waals surface area contributed by atoms with E-state index in [0.717, 1.165) is 38.4 Å². The molecule has 128 valence electrons. The van der Waals surface area contributed by atoms with E-state index in [1.807, 2.05) is 0 Å². The van der Waals surface area contributed by atoms with E-state index >= 15 is 0 Å². The van der Waals surface area contributed by atoms with Crippen LogP contribution in [-0.4, -0.2) is 49.4 Å². The lowest BCUT2D eigenvalue weighted by atomic mass is 9.70. The van der Waals surface area contributed by atoms with Crippen molar-refractivity contribution in [1.29, 1.82) is 0 Å². The van der Waals surface area contributed by atoms with Gasteiger partial charge in [-0.3, -0.25) is 4.90 Å². The van der Waals surface area contributed by atoms with Crippen molar-refractivity contribution in [2.75, 3.05) is 33.4 Å². The quantitative estimate of drug-likeness (QED) is 0.887. The van der Waals surface area contributed by atoms with Crippen LogP contribution in [0.2, 0.25) is 0 Å². The molecule has 0 radical (unpaired) electrons. The Morgan fingerprint density at radius 1 is 1.43 bits per heavy atom. The molecule has 0 aliphatic carbocycles. The summed E-state index contributed by atoms with van der Waals surface area (Å²) in [5.41, 5.74) is 0.0656. The van der Waals surface area contributed by atoms with Crippen LogP contribution in [0.1, 0.15) is 24.8 Å². The van der Waals surface area contributed by atoms with Gasteiger partial charge in [-0.05, 0) is 37.9 Å². The number of halogens is 2. The molecule has 0 spiro atoms. The van der Waals surface area contributed by atoms with Crippen molar-refractivity contribution >= 4 is 0 Å². The van der Waals surface area contributed by atoms with Crippen LogP contribution in [0.25, 0.3) is 0 Å². The second-order valence-corrected chi connectivity index (χ2v) is 6.67. The monoisotopic (exact) mass is 326 g/mol. The highest BCUT2D eigenvalue weighted by Gasteiger charge is 2.44. The fraction of sp³-hybridized carbons (Fsp3) is 0.647. The zero-order chi connectivity index (χ0) is 16.4. The molecule has 6 heteroatoms. The van der Waals surface area contributed by atoms with Gasteiger partial charge in [-0.15, -0.1) is 0 Å². The number of methoxy groups -OCH3 is 1. The summed E-state index contributed by atoms with van der Waals surface area (Å²) in [5, 5.41) is 13.4. The van der Waals surface area contributed by atoms with Gasteiger partial charge in [-0.25, -0.2) is 8.78 Å². The van der Waals surface area contributed by atoms with Gasteiger partial charge in [0.1, 0.15) is 5.75 Å². The molecule has 0 aromatic heterocycles. The second-order valence-electron chi connectivity index (χ2n) is 6.67. The highest BCUT2D eigenvalue weighted by Crippen LogP contribution is 2.38. The van der Waals surface area contributed by atoms with E-state index in [-0.39, 0.29) is 17.6 Å². The maximum atomic E-state index is 14.2. The number of hydrogen-bond donors (Lipinski definition) is 2. The molecular formula is C17H24F2N2O2. The number of nitrogens with one attached hydrogen (secondary N) is 1. The Bertz CT molecular complexity index is 570. The fourth-order valence-electron chi connectivity index (χ4n) is 4.05. The normalized spacial score (nSPS) is 28.4. The van der Waals surface area contributed by atoms with E-state index in [0.29, 0.717) is 24.9 Å². The number of aliphatic hydroxyl groups is 1. The highest BCUT2D eigenvalue weighted by atomic mass is 19.2. The number of piperidine rings is 2. The molecule has 3 rings (SSSR count). The lowest BCUT2D eigenvalue weighted by molar-refractivity contribution is -0.0227. The molecule has 0 amide bonds. The largest absolute Gasteiger partial charge is 0.496 e. The number of nitrogens with zero attached hydrogens (tertiary/aromatic N) is 1. The number of hydrogen-bond acceptors (Lipinski definition) is 4. The molecule has 23 heavy (non-hydrogen) atoms. The van der Waals surface area contributed by atoms with E-state index in [1.165, 1.54) is 13.2 Å². The Hall–Kier alpha value is -1.24. The first-order valence-electron chi connectivity index (χ1n) is 8.17. The first-order chi connectivity index (χ1) is 11.1. The molecule has 0 bridgehead atoms. The van der Waals surface area contributed by atoms with Gasteiger partial charge < -0.3 is 15.2 Å². The van der Waals surface area contributed by atoms with E-state index in [9.17, 15) is 13.9 Å². The number of rotatable bonds is 4. The maximum Gasteiger partial charge on any atom is 0.167 e. The smallest absolute Gasteiger partial charge is 0.167 e. The molecule has 1 aromatic rings. The van der Waals surface area contributed by atoms with Crippen LogP contribution in [0.15, 0.2) is 12.1 Å². The summed E-state index contributed by atoms with van der Waals surface area (Å²) in [5.74, 6) is -1.33. The lowest BCUT2D eigenvalue weighted by Gasteiger charge is -2.50. The van der Waals surface area contributed by atoms with E-state index in [1.54, 1.807) is 0 Å². The topological polar surface area (TPSA) is 44.7 Å². The Kier molecular flexibility index (Phi) is 4.85. The van der Waals surface area contributed by atoms with E-state index in [2.05, 4.69) is 10.2 Å². The van der Waals surface area contributed by atoms with Crippen molar-refractivity contribution in [1.82, 2.24) is 10.2 Å². The molecule has 2 saturated heterocycles. The van der Waals surface area contributed by atoms with Gasteiger partial charge >= 0.3 is 0 Å². The van der Waals surface area contributed by atoms with E-state index < -0.39 is 11.6 Å². The maximum absolute atomic E-state index is 14.2. The number of aliphatic hydroxyl groups excluding tert-OH is 1. The minimum absolute atomic E-state index is 0.115. The van der Waals surface area contributed by atoms with E-state index in [4.69, 9.17) is 4.74 Å². The number of likely N-dealkylation sites (tertiary alicyclic amines) is 1. The van der Waals surface area contributed by atoms with Crippen LogP contribution in [-0.2, 0) is 6.54 Å². The molecule has 0 saturated carbocycles. The SMILES string of the molecule is COc1ccc(F)c(F)c1CN1CC[C@H]2NCCC[C@]2(CO)C1. The fourth-order valence-corrected chi connectivity index (χ4v) is 4.05. The van der Waals surface area contributed by atoms with Crippen LogP contribution in [0.5, 0.6) is 5.75 Å². The van der Waals surface area contributed by atoms with Crippen molar-refractivity contribution in [3.05, 3.63) is 29.3 Å². The van der Waals surface area contributed by atoms with Crippen molar-refractivity contribution in [3.63, 3.8) is 0 Å². The molecule has 2 fully saturated rings. The molecule has 2 aliphatic heterocycles. The first-order valence-corrected chi connectivity index (χ1v) is 8.17. The zero-order valence-corrected chi connectivity index (χ0v) is 13.4. The van der Waals surface area contributed by atoms with Crippen molar-refractivity contribution in [2.24, 2.45) is 5.41 Å². The standard InChI is InChI=1S/C17H24F2N2O2/c1-23-14-4-3-13(18)16(19)12(14)9-21-8-5-15-17(10-21,11-22)6-2-7-20-15/h3-4,15,20,22H,2,5-11H2,1H3/t15-,17-/m1/s1. The van der Waals surface area contributed by atoms with Gasteiger partial charge in [0.2, 0.25) is 0 Å². The number of benzene rings is 1. The highest BCUT2D eigenvalue weighted by molar-refractivity contribution is 5.35. The molecule has 0 unspecified atom stereocenters. The molecule has 2 aliphatic rings. The van der Waals surface area contributed by atoms with Gasteiger partial charge in [0.25, 0.3) is 0 Å². The summed E-state index contributed by atoms with van der Waals surface area (Å²) in [4.78, 5) is 2.10. The van der Waals surface area contributed by atoms with Crippen LogP contribution in [0, 0.1) is 17.0 Å². The summed E-state index contributed by atoms with van der Waals surface area (Å²) >= 11 is 0. The molecular weight excluding hydrogens is 302 g/mol. The molecule has 2 N–H and O–H groups in total.